The molecule has 1 amide bonds. The van der Waals surface area contributed by atoms with E-state index >= 15 is 0 Å². The summed E-state index contributed by atoms with van der Waals surface area (Å²) in [7, 11) is 0. The molecule has 2 nitrogen and oxygen atoms in total. The Hall–Kier alpha value is -1.82. The van der Waals surface area contributed by atoms with Crippen molar-refractivity contribution < 1.29 is 18.0 Å². The van der Waals surface area contributed by atoms with Crippen molar-refractivity contribution >= 4 is 27.5 Å². The molecule has 0 fully saturated rings. The molecule has 0 saturated carbocycles. The molecule has 0 aliphatic heterocycles. The lowest BCUT2D eigenvalue weighted by Gasteiger charge is -2.11. The molecule has 2 aromatic rings. The summed E-state index contributed by atoms with van der Waals surface area (Å²) in [5.41, 5.74) is -0.364. The molecule has 104 valence electrons. The predicted octanol–water partition coefficient (Wildman–Crippen LogP) is 4.72. The third kappa shape index (κ3) is 3.60. The number of halogens is 4. The second-order valence-electron chi connectivity index (χ2n) is 4.05. The van der Waals surface area contributed by atoms with Gasteiger partial charge in [-0.05, 0) is 30.3 Å². The van der Waals surface area contributed by atoms with Crippen LogP contribution in [0.2, 0.25) is 0 Å². The summed E-state index contributed by atoms with van der Waals surface area (Å²) in [4.78, 5) is 11.9. The number of anilines is 1. The molecule has 0 atom stereocenters. The molecule has 0 aliphatic rings. The van der Waals surface area contributed by atoms with Crippen LogP contribution >= 0.6 is 15.9 Å². The monoisotopic (exact) mass is 343 g/mol. The Bertz CT molecular complexity index is 626. The van der Waals surface area contributed by atoms with E-state index in [2.05, 4.69) is 21.2 Å². The summed E-state index contributed by atoms with van der Waals surface area (Å²) in [6.45, 7) is 0. The van der Waals surface area contributed by atoms with Crippen molar-refractivity contribution in [1.82, 2.24) is 0 Å². The highest BCUT2D eigenvalue weighted by molar-refractivity contribution is 9.10. The number of amides is 1. The first-order valence-corrected chi connectivity index (χ1v) is 6.40. The average Bonchev–Trinajstić information content (AvgIpc) is 2.38. The summed E-state index contributed by atoms with van der Waals surface area (Å²) < 4.78 is 38.3. The van der Waals surface area contributed by atoms with Crippen LogP contribution in [0.15, 0.2) is 53.0 Å². The van der Waals surface area contributed by atoms with Crippen molar-refractivity contribution in [3.05, 3.63) is 64.1 Å². The minimum atomic E-state index is -4.46. The Morgan fingerprint density at radius 3 is 2.30 bits per heavy atom. The van der Waals surface area contributed by atoms with Gasteiger partial charge in [-0.1, -0.05) is 34.1 Å². The topological polar surface area (TPSA) is 29.1 Å². The molecular formula is C14H9BrF3NO. The first-order chi connectivity index (χ1) is 9.36. The van der Waals surface area contributed by atoms with Crippen LogP contribution in [0, 0.1) is 0 Å². The lowest BCUT2D eigenvalue weighted by atomic mass is 10.1. The number of nitrogens with one attached hydrogen (secondary N) is 1. The van der Waals surface area contributed by atoms with Crippen LogP contribution in [0.4, 0.5) is 18.9 Å². The molecule has 0 radical (unpaired) electrons. The van der Waals surface area contributed by atoms with E-state index in [-0.39, 0.29) is 10.2 Å². The van der Waals surface area contributed by atoms with E-state index in [1.165, 1.54) is 6.07 Å². The maximum Gasteiger partial charge on any atom is 0.416 e. The average molecular weight is 344 g/mol. The number of rotatable bonds is 2. The van der Waals surface area contributed by atoms with Crippen LogP contribution < -0.4 is 5.32 Å². The lowest BCUT2D eigenvalue weighted by molar-refractivity contribution is -0.137. The van der Waals surface area contributed by atoms with E-state index in [9.17, 15) is 18.0 Å². The van der Waals surface area contributed by atoms with Crippen LogP contribution in [0.3, 0.4) is 0 Å². The Morgan fingerprint density at radius 1 is 1.05 bits per heavy atom. The van der Waals surface area contributed by atoms with Gasteiger partial charge in [0, 0.05) is 15.7 Å². The van der Waals surface area contributed by atoms with Gasteiger partial charge in [0.1, 0.15) is 0 Å². The zero-order valence-corrected chi connectivity index (χ0v) is 11.6. The predicted molar refractivity (Wildman–Crippen MR) is 73.5 cm³/mol. The summed E-state index contributed by atoms with van der Waals surface area (Å²) >= 11 is 3.00. The highest BCUT2D eigenvalue weighted by Gasteiger charge is 2.31. The van der Waals surface area contributed by atoms with Gasteiger partial charge in [-0.25, -0.2) is 0 Å². The second kappa shape index (κ2) is 5.66. The van der Waals surface area contributed by atoms with Crippen LogP contribution in [0.25, 0.3) is 0 Å². The van der Waals surface area contributed by atoms with Crippen molar-refractivity contribution in [1.29, 1.82) is 0 Å². The molecule has 0 heterocycles. The quantitative estimate of drug-likeness (QED) is 0.839. The Balaban J connectivity index is 2.26. The smallest absolute Gasteiger partial charge is 0.322 e. The van der Waals surface area contributed by atoms with E-state index < -0.39 is 17.6 Å². The number of alkyl halides is 3. The summed E-state index contributed by atoms with van der Waals surface area (Å²) in [5.74, 6) is -0.461. The molecule has 2 aromatic carbocycles. The van der Waals surface area contributed by atoms with Crippen molar-refractivity contribution in [3.63, 3.8) is 0 Å². The molecule has 20 heavy (non-hydrogen) atoms. The molecule has 0 spiro atoms. The second-order valence-corrected chi connectivity index (χ2v) is 4.96. The Morgan fingerprint density at radius 2 is 1.70 bits per heavy atom. The molecule has 0 bridgehead atoms. The molecule has 6 heteroatoms. The van der Waals surface area contributed by atoms with E-state index in [1.54, 1.807) is 30.3 Å². The van der Waals surface area contributed by atoms with Crippen molar-refractivity contribution in [2.24, 2.45) is 0 Å². The van der Waals surface area contributed by atoms with Gasteiger partial charge in [0.05, 0.1) is 5.56 Å². The molecule has 1 N–H and O–H groups in total. The minimum absolute atomic E-state index is 0.0838. The minimum Gasteiger partial charge on any atom is -0.322 e. The standard InChI is InChI=1S/C14H9BrF3NO/c15-11-6-10(14(16,17)18)7-12(8-11)19-13(20)9-4-2-1-3-5-9/h1-8H,(H,19,20). The van der Waals surface area contributed by atoms with Crippen molar-refractivity contribution in [2.45, 2.75) is 6.18 Å². The van der Waals surface area contributed by atoms with E-state index in [0.717, 1.165) is 12.1 Å². The fraction of sp³-hybridized carbons (Fsp3) is 0.0714. The first-order valence-electron chi connectivity index (χ1n) is 5.60. The first kappa shape index (κ1) is 14.6. The van der Waals surface area contributed by atoms with Crippen molar-refractivity contribution in [3.8, 4) is 0 Å². The van der Waals surface area contributed by atoms with Gasteiger partial charge in [0.15, 0.2) is 0 Å². The van der Waals surface area contributed by atoms with Gasteiger partial charge in [0.2, 0.25) is 0 Å². The fourth-order valence-electron chi connectivity index (χ4n) is 1.62. The third-order valence-electron chi connectivity index (χ3n) is 2.52. The maximum absolute atomic E-state index is 12.7. The highest BCUT2D eigenvalue weighted by Crippen LogP contribution is 2.33. The normalized spacial score (nSPS) is 11.2. The SMILES string of the molecule is O=C(Nc1cc(Br)cc(C(F)(F)F)c1)c1ccccc1. The largest absolute Gasteiger partial charge is 0.416 e. The number of carbonyl (C=O) groups excluding carboxylic acids is 1. The summed E-state index contributed by atoms with van der Waals surface area (Å²) in [6, 6.07) is 11.5. The van der Waals surface area contributed by atoms with E-state index in [0.29, 0.717) is 5.56 Å². The van der Waals surface area contributed by atoms with Gasteiger partial charge < -0.3 is 5.32 Å². The molecule has 0 unspecified atom stereocenters. The van der Waals surface area contributed by atoms with Gasteiger partial charge in [-0.15, -0.1) is 0 Å². The molecule has 2 rings (SSSR count). The van der Waals surface area contributed by atoms with Gasteiger partial charge >= 0.3 is 6.18 Å². The number of hydrogen-bond acceptors (Lipinski definition) is 1. The van der Waals surface area contributed by atoms with Gasteiger partial charge in [-0.2, -0.15) is 13.2 Å². The van der Waals surface area contributed by atoms with Crippen molar-refractivity contribution in [2.75, 3.05) is 5.32 Å². The molecule has 0 saturated heterocycles. The molecule has 0 aromatic heterocycles. The highest BCUT2D eigenvalue weighted by atomic mass is 79.9. The fourth-order valence-corrected chi connectivity index (χ4v) is 2.11. The Kier molecular flexibility index (Phi) is 4.13. The summed E-state index contributed by atoms with van der Waals surface area (Å²) in [5, 5.41) is 2.44. The third-order valence-corrected chi connectivity index (χ3v) is 2.98. The molecule has 0 aliphatic carbocycles. The van der Waals surface area contributed by atoms with E-state index in [4.69, 9.17) is 0 Å². The van der Waals surface area contributed by atoms with Crippen LogP contribution in [0.1, 0.15) is 15.9 Å². The summed E-state index contributed by atoms with van der Waals surface area (Å²) in [6.07, 6.45) is -4.46. The number of carbonyl (C=O) groups is 1. The van der Waals surface area contributed by atoms with E-state index in [1.807, 2.05) is 0 Å². The van der Waals surface area contributed by atoms with Crippen LogP contribution in [0.5, 0.6) is 0 Å². The zero-order valence-electron chi connectivity index (χ0n) is 10.0. The van der Waals surface area contributed by atoms with Crippen LogP contribution in [-0.4, -0.2) is 5.91 Å². The van der Waals surface area contributed by atoms with Gasteiger partial charge in [0.25, 0.3) is 5.91 Å². The van der Waals surface area contributed by atoms with Crippen LogP contribution in [-0.2, 0) is 6.18 Å². The number of benzene rings is 2. The zero-order chi connectivity index (χ0) is 14.8. The van der Waals surface area contributed by atoms with Gasteiger partial charge in [-0.3, -0.25) is 4.79 Å². The number of hydrogen-bond donors (Lipinski definition) is 1. The lowest BCUT2D eigenvalue weighted by Crippen LogP contribution is -2.13. The Labute approximate surface area is 121 Å². The molecular weight excluding hydrogens is 335 g/mol. The maximum atomic E-state index is 12.7.